The highest BCUT2D eigenvalue weighted by atomic mass is 32.1. The van der Waals surface area contributed by atoms with Crippen molar-refractivity contribution < 1.29 is 9.47 Å². The van der Waals surface area contributed by atoms with Crippen LogP contribution in [0.5, 0.6) is 11.5 Å². The molecule has 15 heavy (non-hydrogen) atoms. The number of methoxy groups -OCH3 is 1. The summed E-state index contributed by atoms with van der Waals surface area (Å²) in [5.74, 6) is 1.50. The molecule has 0 aliphatic carbocycles. The van der Waals surface area contributed by atoms with Gasteiger partial charge in [0.05, 0.1) is 18.7 Å². The van der Waals surface area contributed by atoms with Gasteiger partial charge in [0.15, 0.2) is 11.5 Å². The highest BCUT2D eigenvalue weighted by Gasteiger charge is 2.01. The van der Waals surface area contributed by atoms with E-state index in [0.29, 0.717) is 18.0 Å². The van der Waals surface area contributed by atoms with Crippen molar-refractivity contribution in [1.82, 2.24) is 0 Å². The summed E-state index contributed by atoms with van der Waals surface area (Å²) in [6, 6.07) is 7.55. The smallest absolute Gasteiger partial charge is 0.161 e. The minimum absolute atomic E-state index is 0.527. The van der Waals surface area contributed by atoms with Gasteiger partial charge in [-0.05, 0) is 18.6 Å². The molecule has 0 bridgehead atoms. The lowest BCUT2D eigenvalue weighted by Crippen LogP contribution is -2.09. The first-order valence-corrected chi connectivity index (χ1v) is 5.19. The van der Waals surface area contributed by atoms with Crippen LogP contribution in [0.3, 0.4) is 0 Å². The minimum atomic E-state index is 0.527. The molecule has 4 heteroatoms. The Balaban J connectivity index is 2.39. The second-order valence-electron chi connectivity index (χ2n) is 3.07. The first-order valence-electron chi connectivity index (χ1n) is 4.78. The van der Waals surface area contributed by atoms with Gasteiger partial charge in [0.1, 0.15) is 0 Å². The van der Waals surface area contributed by atoms with Crippen LogP contribution in [0.2, 0.25) is 0 Å². The molecule has 0 spiro atoms. The molecule has 3 nitrogen and oxygen atoms in total. The number of thiocarbonyl (C=S) groups is 1. The molecule has 1 aromatic carbocycles. The summed E-state index contributed by atoms with van der Waals surface area (Å²) in [6.45, 7) is 0.595. The van der Waals surface area contributed by atoms with Gasteiger partial charge in [-0.3, -0.25) is 0 Å². The Morgan fingerprint density at radius 3 is 2.60 bits per heavy atom. The first-order chi connectivity index (χ1) is 7.24. The predicted octanol–water partition coefficient (Wildman–Crippen LogP) is 2.14. The van der Waals surface area contributed by atoms with Crippen molar-refractivity contribution in [1.29, 1.82) is 0 Å². The Labute approximate surface area is 95.2 Å². The van der Waals surface area contributed by atoms with Crippen molar-refractivity contribution >= 4 is 17.2 Å². The van der Waals surface area contributed by atoms with Crippen LogP contribution < -0.4 is 15.2 Å². The van der Waals surface area contributed by atoms with E-state index in [1.807, 2.05) is 24.3 Å². The fourth-order valence-electron chi connectivity index (χ4n) is 1.17. The van der Waals surface area contributed by atoms with Crippen LogP contribution in [0, 0.1) is 0 Å². The van der Waals surface area contributed by atoms with Gasteiger partial charge in [0.2, 0.25) is 0 Å². The van der Waals surface area contributed by atoms with Crippen LogP contribution in [0.25, 0.3) is 0 Å². The molecule has 82 valence electrons. The standard InChI is InChI=1S/C11H15NO2S/c1-13-9-5-2-3-6-10(9)14-8-4-7-11(12)15/h2-3,5-6H,4,7-8H2,1H3,(H2,12,15). The molecule has 0 heterocycles. The highest BCUT2D eigenvalue weighted by Crippen LogP contribution is 2.25. The molecule has 1 aromatic rings. The number of nitrogens with two attached hydrogens (primary N) is 1. The summed E-state index contributed by atoms with van der Waals surface area (Å²) in [6.07, 6.45) is 1.54. The lowest BCUT2D eigenvalue weighted by atomic mass is 10.3. The van der Waals surface area contributed by atoms with E-state index in [2.05, 4.69) is 0 Å². The van der Waals surface area contributed by atoms with E-state index < -0.39 is 0 Å². The lowest BCUT2D eigenvalue weighted by molar-refractivity contribution is 0.291. The van der Waals surface area contributed by atoms with E-state index in [-0.39, 0.29) is 0 Å². The van der Waals surface area contributed by atoms with Crippen molar-refractivity contribution in [2.45, 2.75) is 12.8 Å². The van der Waals surface area contributed by atoms with Gasteiger partial charge in [-0.1, -0.05) is 24.4 Å². The molecule has 0 atom stereocenters. The average Bonchev–Trinajstić information content (AvgIpc) is 2.24. The zero-order valence-electron chi connectivity index (χ0n) is 8.73. The molecule has 0 radical (unpaired) electrons. The van der Waals surface area contributed by atoms with E-state index >= 15 is 0 Å². The fraction of sp³-hybridized carbons (Fsp3) is 0.364. The zero-order valence-corrected chi connectivity index (χ0v) is 9.55. The summed E-state index contributed by atoms with van der Waals surface area (Å²) in [7, 11) is 1.62. The van der Waals surface area contributed by atoms with Crippen molar-refractivity contribution in [3.05, 3.63) is 24.3 Å². The third-order valence-corrected chi connectivity index (χ3v) is 2.10. The van der Waals surface area contributed by atoms with Crippen molar-refractivity contribution in [3.63, 3.8) is 0 Å². The van der Waals surface area contributed by atoms with Gasteiger partial charge in [-0.2, -0.15) is 0 Å². The monoisotopic (exact) mass is 225 g/mol. The van der Waals surface area contributed by atoms with Crippen LogP contribution in [0.15, 0.2) is 24.3 Å². The van der Waals surface area contributed by atoms with E-state index in [1.54, 1.807) is 7.11 Å². The van der Waals surface area contributed by atoms with Crippen LogP contribution in [0.4, 0.5) is 0 Å². The summed E-state index contributed by atoms with van der Waals surface area (Å²) in [5, 5.41) is 0. The highest BCUT2D eigenvalue weighted by molar-refractivity contribution is 7.80. The van der Waals surface area contributed by atoms with E-state index in [4.69, 9.17) is 27.4 Å². The molecule has 0 unspecified atom stereocenters. The number of rotatable bonds is 6. The van der Waals surface area contributed by atoms with Gasteiger partial charge in [0, 0.05) is 6.42 Å². The summed E-state index contributed by atoms with van der Waals surface area (Å²) in [5.41, 5.74) is 5.38. The molecule has 0 saturated heterocycles. The SMILES string of the molecule is COc1ccccc1OCCCC(N)=S. The van der Waals surface area contributed by atoms with Crippen molar-refractivity contribution in [2.75, 3.05) is 13.7 Å². The summed E-state index contributed by atoms with van der Waals surface area (Å²) >= 11 is 4.77. The summed E-state index contributed by atoms with van der Waals surface area (Å²) in [4.78, 5) is 0.527. The molecule has 1 rings (SSSR count). The minimum Gasteiger partial charge on any atom is -0.493 e. The van der Waals surface area contributed by atoms with Crippen molar-refractivity contribution in [2.24, 2.45) is 5.73 Å². The van der Waals surface area contributed by atoms with Crippen LogP contribution in [-0.4, -0.2) is 18.7 Å². The molecule has 0 saturated carbocycles. The molecular formula is C11H15NO2S. The average molecular weight is 225 g/mol. The van der Waals surface area contributed by atoms with Gasteiger partial charge in [-0.25, -0.2) is 0 Å². The molecule has 0 amide bonds. The number of para-hydroxylation sites is 2. The molecule has 0 aliphatic heterocycles. The summed E-state index contributed by atoms with van der Waals surface area (Å²) < 4.78 is 10.7. The number of ether oxygens (including phenoxy) is 2. The molecule has 0 aliphatic rings. The molecular weight excluding hydrogens is 210 g/mol. The number of benzene rings is 1. The topological polar surface area (TPSA) is 44.5 Å². The van der Waals surface area contributed by atoms with E-state index in [1.165, 1.54) is 0 Å². The Morgan fingerprint density at radius 1 is 1.33 bits per heavy atom. The normalized spacial score (nSPS) is 9.67. The van der Waals surface area contributed by atoms with Gasteiger partial charge in [0.25, 0.3) is 0 Å². The maximum absolute atomic E-state index is 5.54. The maximum Gasteiger partial charge on any atom is 0.161 e. The van der Waals surface area contributed by atoms with Crippen LogP contribution >= 0.6 is 12.2 Å². The van der Waals surface area contributed by atoms with Gasteiger partial charge < -0.3 is 15.2 Å². The molecule has 2 N–H and O–H groups in total. The van der Waals surface area contributed by atoms with Gasteiger partial charge >= 0.3 is 0 Å². The van der Waals surface area contributed by atoms with Crippen LogP contribution in [0.1, 0.15) is 12.8 Å². The quantitative estimate of drug-likeness (QED) is 0.595. The van der Waals surface area contributed by atoms with E-state index in [9.17, 15) is 0 Å². The number of hydrogen-bond donors (Lipinski definition) is 1. The predicted molar refractivity (Wildman–Crippen MR) is 64.5 cm³/mol. The Morgan fingerprint density at radius 2 is 2.00 bits per heavy atom. The Kier molecular flexibility index (Phi) is 4.90. The second-order valence-corrected chi connectivity index (χ2v) is 3.59. The van der Waals surface area contributed by atoms with Crippen LogP contribution in [-0.2, 0) is 0 Å². The van der Waals surface area contributed by atoms with E-state index in [0.717, 1.165) is 17.9 Å². The second kappa shape index (κ2) is 6.24. The third kappa shape index (κ3) is 4.16. The Bertz CT molecular complexity index is 328. The zero-order chi connectivity index (χ0) is 11.1. The van der Waals surface area contributed by atoms with Gasteiger partial charge in [-0.15, -0.1) is 0 Å². The first kappa shape index (κ1) is 11.8. The Hall–Kier alpha value is -1.29. The molecule has 0 aromatic heterocycles. The molecule has 0 fully saturated rings. The lowest BCUT2D eigenvalue weighted by Gasteiger charge is -2.09. The van der Waals surface area contributed by atoms with Crippen molar-refractivity contribution in [3.8, 4) is 11.5 Å². The fourth-order valence-corrected chi connectivity index (χ4v) is 1.31. The largest absolute Gasteiger partial charge is 0.493 e. The third-order valence-electron chi connectivity index (χ3n) is 1.89. The number of hydrogen-bond acceptors (Lipinski definition) is 3. The maximum atomic E-state index is 5.54.